The number of nitrogens with one attached hydrogen (secondary N) is 1. The van der Waals surface area contributed by atoms with Crippen molar-refractivity contribution < 1.29 is 9.47 Å². The molecule has 2 saturated heterocycles. The van der Waals surface area contributed by atoms with Crippen molar-refractivity contribution in [3.8, 4) is 0 Å². The molecule has 0 saturated carbocycles. The van der Waals surface area contributed by atoms with Gasteiger partial charge in [0.05, 0.1) is 25.4 Å². The van der Waals surface area contributed by atoms with Gasteiger partial charge in [0.15, 0.2) is 0 Å². The molecule has 2 rings (SSSR count). The molecule has 0 aromatic carbocycles. The Balaban J connectivity index is 1.70. The zero-order chi connectivity index (χ0) is 14.6. The molecule has 2 fully saturated rings. The Bertz CT molecular complexity index is 294. The molecule has 2 unspecified atom stereocenters. The van der Waals surface area contributed by atoms with Gasteiger partial charge in [0.2, 0.25) is 0 Å². The third-order valence-corrected chi connectivity index (χ3v) is 4.36. The SMILES string of the molecule is CC(C)CNCC1CCC(CN2CCOCC2(C)C)O1. The van der Waals surface area contributed by atoms with E-state index >= 15 is 0 Å². The minimum atomic E-state index is 0.148. The normalized spacial score (nSPS) is 31.1. The van der Waals surface area contributed by atoms with E-state index in [-0.39, 0.29) is 5.54 Å². The predicted octanol–water partition coefficient (Wildman–Crippen LogP) is 1.89. The van der Waals surface area contributed by atoms with Crippen LogP contribution in [0.4, 0.5) is 0 Å². The van der Waals surface area contributed by atoms with Gasteiger partial charge in [0.25, 0.3) is 0 Å². The van der Waals surface area contributed by atoms with Crippen LogP contribution in [0, 0.1) is 5.92 Å². The number of rotatable bonds is 6. The molecular formula is C16H32N2O2. The van der Waals surface area contributed by atoms with Gasteiger partial charge >= 0.3 is 0 Å². The van der Waals surface area contributed by atoms with E-state index in [0.717, 1.165) is 39.4 Å². The van der Waals surface area contributed by atoms with Crippen LogP contribution in [0.1, 0.15) is 40.5 Å². The molecule has 2 aliphatic rings. The first kappa shape index (κ1) is 16.2. The van der Waals surface area contributed by atoms with Gasteiger partial charge in [0.1, 0.15) is 0 Å². The summed E-state index contributed by atoms with van der Waals surface area (Å²) in [6.45, 7) is 14.9. The number of hydrogen-bond acceptors (Lipinski definition) is 4. The van der Waals surface area contributed by atoms with Crippen LogP contribution >= 0.6 is 0 Å². The lowest BCUT2D eigenvalue weighted by Crippen LogP contribution is -2.55. The monoisotopic (exact) mass is 284 g/mol. The maximum atomic E-state index is 6.19. The van der Waals surface area contributed by atoms with E-state index in [2.05, 4.69) is 37.9 Å². The molecule has 2 heterocycles. The van der Waals surface area contributed by atoms with Gasteiger partial charge in [0, 0.05) is 25.2 Å². The highest BCUT2D eigenvalue weighted by molar-refractivity contribution is 4.88. The fourth-order valence-corrected chi connectivity index (χ4v) is 3.07. The fourth-order valence-electron chi connectivity index (χ4n) is 3.07. The van der Waals surface area contributed by atoms with E-state index in [1.807, 2.05) is 0 Å². The Kier molecular flexibility index (Phi) is 5.84. The Morgan fingerprint density at radius 2 is 2.00 bits per heavy atom. The third-order valence-electron chi connectivity index (χ3n) is 4.36. The van der Waals surface area contributed by atoms with E-state index in [4.69, 9.17) is 9.47 Å². The van der Waals surface area contributed by atoms with Gasteiger partial charge in [-0.15, -0.1) is 0 Å². The third kappa shape index (κ3) is 4.69. The highest BCUT2D eigenvalue weighted by Crippen LogP contribution is 2.25. The summed E-state index contributed by atoms with van der Waals surface area (Å²) in [5, 5.41) is 3.51. The first-order valence-electron chi connectivity index (χ1n) is 8.16. The minimum absolute atomic E-state index is 0.148. The first-order valence-corrected chi connectivity index (χ1v) is 8.16. The molecule has 4 heteroatoms. The molecule has 1 N–H and O–H groups in total. The number of morpholine rings is 1. The van der Waals surface area contributed by atoms with E-state index < -0.39 is 0 Å². The Labute approximate surface area is 124 Å². The summed E-state index contributed by atoms with van der Waals surface area (Å²) in [6, 6.07) is 0. The van der Waals surface area contributed by atoms with Gasteiger partial charge in [-0.2, -0.15) is 0 Å². The van der Waals surface area contributed by atoms with Crippen molar-refractivity contribution in [2.75, 3.05) is 39.4 Å². The van der Waals surface area contributed by atoms with Crippen LogP contribution in [0.3, 0.4) is 0 Å². The molecular weight excluding hydrogens is 252 g/mol. The van der Waals surface area contributed by atoms with Crippen molar-refractivity contribution >= 4 is 0 Å². The number of hydrogen-bond donors (Lipinski definition) is 1. The topological polar surface area (TPSA) is 33.7 Å². The van der Waals surface area contributed by atoms with Crippen molar-refractivity contribution in [1.82, 2.24) is 10.2 Å². The second-order valence-electron chi connectivity index (χ2n) is 7.32. The lowest BCUT2D eigenvalue weighted by Gasteiger charge is -2.43. The summed E-state index contributed by atoms with van der Waals surface area (Å²) in [6.07, 6.45) is 3.20. The summed E-state index contributed by atoms with van der Waals surface area (Å²) in [5.41, 5.74) is 0.148. The largest absolute Gasteiger partial charge is 0.378 e. The number of nitrogens with zero attached hydrogens (tertiary/aromatic N) is 1. The molecule has 0 aromatic rings. The summed E-state index contributed by atoms with van der Waals surface area (Å²) in [7, 11) is 0. The minimum Gasteiger partial charge on any atom is -0.378 e. The number of ether oxygens (including phenoxy) is 2. The highest BCUT2D eigenvalue weighted by atomic mass is 16.5. The average molecular weight is 284 g/mol. The molecule has 20 heavy (non-hydrogen) atoms. The van der Waals surface area contributed by atoms with Crippen LogP contribution in [-0.2, 0) is 9.47 Å². The lowest BCUT2D eigenvalue weighted by atomic mass is 10.0. The quantitative estimate of drug-likeness (QED) is 0.807. The zero-order valence-electron chi connectivity index (χ0n) is 13.7. The summed E-state index contributed by atoms with van der Waals surface area (Å²) in [5.74, 6) is 0.710. The van der Waals surface area contributed by atoms with Crippen molar-refractivity contribution in [1.29, 1.82) is 0 Å². The van der Waals surface area contributed by atoms with E-state index in [0.29, 0.717) is 18.1 Å². The molecule has 0 radical (unpaired) electrons. The lowest BCUT2D eigenvalue weighted by molar-refractivity contribution is -0.0747. The van der Waals surface area contributed by atoms with Crippen LogP contribution in [-0.4, -0.2) is 62.0 Å². The molecule has 0 amide bonds. The highest BCUT2D eigenvalue weighted by Gasteiger charge is 2.34. The van der Waals surface area contributed by atoms with Gasteiger partial charge in [-0.3, -0.25) is 4.90 Å². The molecule has 0 aromatic heterocycles. The van der Waals surface area contributed by atoms with E-state index in [1.54, 1.807) is 0 Å². The smallest absolute Gasteiger partial charge is 0.0707 e. The van der Waals surface area contributed by atoms with Crippen molar-refractivity contribution in [3.63, 3.8) is 0 Å². The fraction of sp³-hybridized carbons (Fsp3) is 1.00. The molecule has 0 spiro atoms. The van der Waals surface area contributed by atoms with Gasteiger partial charge < -0.3 is 14.8 Å². The van der Waals surface area contributed by atoms with Crippen LogP contribution in [0.15, 0.2) is 0 Å². The molecule has 2 atom stereocenters. The second kappa shape index (κ2) is 7.21. The van der Waals surface area contributed by atoms with E-state index in [9.17, 15) is 0 Å². The van der Waals surface area contributed by atoms with Crippen LogP contribution in [0.25, 0.3) is 0 Å². The molecule has 4 nitrogen and oxygen atoms in total. The maximum Gasteiger partial charge on any atom is 0.0707 e. The Morgan fingerprint density at radius 1 is 1.25 bits per heavy atom. The van der Waals surface area contributed by atoms with Crippen LogP contribution in [0.2, 0.25) is 0 Å². The molecule has 118 valence electrons. The van der Waals surface area contributed by atoms with Crippen molar-refractivity contribution in [2.45, 2.75) is 58.3 Å². The van der Waals surface area contributed by atoms with Gasteiger partial charge in [-0.05, 0) is 39.2 Å². The predicted molar refractivity (Wildman–Crippen MR) is 82.1 cm³/mol. The maximum absolute atomic E-state index is 6.19. The summed E-state index contributed by atoms with van der Waals surface area (Å²) >= 11 is 0. The Hall–Kier alpha value is -0.160. The standard InChI is InChI=1S/C16H32N2O2/c1-13(2)9-17-10-14-5-6-15(20-14)11-18-7-8-19-12-16(18,3)4/h13-15,17H,5-12H2,1-4H3. The van der Waals surface area contributed by atoms with E-state index in [1.165, 1.54) is 12.8 Å². The first-order chi connectivity index (χ1) is 9.47. The summed E-state index contributed by atoms with van der Waals surface area (Å²) < 4.78 is 11.8. The second-order valence-corrected chi connectivity index (χ2v) is 7.32. The summed E-state index contributed by atoms with van der Waals surface area (Å²) in [4.78, 5) is 2.53. The van der Waals surface area contributed by atoms with Gasteiger partial charge in [-0.1, -0.05) is 13.8 Å². The van der Waals surface area contributed by atoms with Gasteiger partial charge in [-0.25, -0.2) is 0 Å². The zero-order valence-corrected chi connectivity index (χ0v) is 13.7. The molecule has 2 aliphatic heterocycles. The average Bonchev–Trinajstić information content (AvgIpc) is 2.79. The van der Waals surface area contributed by atoms with Crippen molar-refractivity contribution in [3.05, 3.63) is 0 Å². The molecule has 0 bridgehead atoms. The van der Waals surface area contributed by atoms with Crippen molar-refractivity contribution in [2.24, 2.45) is 5.92 Å². The van der Waals surface area contributed by atoms with Crippen LogP contribution in [0.5, 0.6) is 0 Å². The molecule has 0 aliphatic carbocycles. The van der Waals surface area contributed by atoms with Crippen LogP contribution < -0.4 is 5.32 Å². The Morgan fingerprint density at radius 3 is 2.70 bits per heavy atom.